The van der Waals surface area contributed by atoms with E-state index in [1.165, 1.54) is 30.9 Å². The van der Waals surface area contributed by atoms with Gasteiger partial charge in [0.05, 0.1) is 6.04 Å². The molecule has 0 bridgehead atoms. The molecule has 0 saturated carbocycles. The average Bonchev–Trinajstić information content (AvgIpc) is 2.64. The van der Waals surface area contributed by atoms with E-state index in [0.717, 1.165) is 24.0 Å². The van der Waals surface area contributed by atoms with Crippen molar-refractivity contribution in [2.75, 3.05) is 0 Å². The number of aryl methyl sites for hydroxylation is 1. The maximum atomic E-state index is 13.4. The summed E-state index contributed by atoms with van der Waals surface area (Å²) in [5.41, 5.74) is 6.17. The minimum atomic E-state index is -0.204. The van der Waals surface area contributed by atoms with E-state index >= 15 is 0 Å². The highest BCUT2D eigenvalue weighted by atomic mass is 19.1. The quantitative estimate of drug-likeness (QED) is 0.488. The van der Waals surface area contributed by atoms with Gasteiger partial charge < -0.3 is 0 Å². The third-order valence-electron chi connectivity index (χ3n) is 3.67. The number of hydrogen-bond donors (Lipinski definition) is 2. The van der Waals surface area contributed by atoms with Gasteiger partial charge in [-0.1, -0.05) is 24.1 Å². The first-order chi connectivity index (χ1) is 8.72. The van der Waals surface area contributed by atoms with Crippen molar-refractivity contribution in [2.45, 2.75) is 45.1 Å². The topological polar surface area (TPSA) is 38.0 Å². The first-order valence-corrected chi connectivity index (χ1v) is 6.63. The van der Waals surface area contributed by atoms with E-state index in [1.54, 1.807) is 6.07 Å². The number of benzene rings is 1. The predicted molar refractivity (Wildman–Crippen MR) is 72.4 cm³/mol. The second kappa shape index (κ2) is 6.12. The third-order valence-corrected chi connectivity index (χ3v) is 3.67. The van der Waals surface area contributed by atoms with Crippen molar-refractivity contribution in [1.82, 2.24) is 5.43 Å². The first-order valence-electron chi connectivity index (χ1n) is 6.63. The average molecular weight is 248 g/mol. The maximum absolute atomic E-state index is 13.4. The molecule has 0 radical (unpaired) electrons. The van der Waals surface area contributed by atoms with Crippen LogP contribution < -0.4 is 11.3 Å². The summed E-state index contributed by atoms with van der Waals surface area (Å²) in [7, 11) is 0. The Hall–Kier alpha value is -1.19. The summed E-state index contributed by atoms with van der Waals surface area (Å²) in [5, 5.41) is 0. The lowest BCUT2D eigenvalue weighted by Crippen LogP contribution is -2.30. The molecular formula is C15H21FN2. The smallest absolute Gasteiger partial charge is 0.123 e. The SMILES string of the molecule is Cc1ccc(F)cc1C(NN)C1=CCCCCC1. The number of nitrogens with one attached hydrogen (secondary N) is 1. The Morgan fingerprint density at radius 1 is 1.28 bits per heavy atom. The van der Waals surface area contributed by atoms with Crippen molar-refractivity contribution in [2.24, 2.45) is 5.84 Å². The summed E-state index contributed by atoms with van der Waals surface area (Å²) in [6, 6.07) is 4.84. The summed E-state index contributed by atoms with van der Waals surface area (Å²) in [4.78, 5) is 0. The number of hydrazine groups is 1. The van der Waals surface area contributed by atoms with Crippen LogP contribution in [0, 0.1) is 12.7 Å². The van der Waals surface area contributed by atoms with Crippen molar-refractivity contribution in [3.05, 3.63) is 46.8 Å². The fraction of sp³-hybridized carbons (Fsp3) is 0.467. The maximum Gasteiger partial charge on any atom is 0.123 e. The van der Waals surface area contributed by atoms with Gasteiger partial charge in [0.2, 0.25) is 0 Å². The van der Waals surface area contributed by atoms with Gasteiger partial charge in [0.1, 0.15) is 5.82 Å². The molecule has 0 spiro atoms. The zero-order chi connectivity index (χ0) is 13.0. The van der Waals surface area contributed by atoms with Crippen LogP contribution in [0.25, 0.3) is 0 Å². The van der Waals surface area contributed by atoms with Crippen LogP contribution in [0.4, 0.5) is 4.39 Å². The molecule has 1 atom stereocenters. The second-order valence-electron chi connectivity index (χ2n) is 4.98. The highest BCUT2D eigenvalue weighted by Crippen LogP contribution is 2.30. The summed E-state index contributed by atoms with van der Waals surface area (Å²) >= 11 is 0. The summed E-state index contributed by atoms with van der Waals surface area (Å²) < 4.78 is 13.4. The summed E-state index contributed by atoms with van der Waals surface area (Å²) in [5.74, 6) is 5.49. The Labute approximate surface area is 108 Å². The number of allylic oxidation sites excluding steroid dienone is 1. The van der Waals surface area contributed by atoms with Crippen molar-refractivity contribution >= 4 is 0 Å². The Balaban J connectivity index is 2.32. The molecule has 0 aliphatic heterocycles. The minimum Gasteiger partial charge on any atom is -0.271 e. The van der Waals surface area contributed by atoms with E-state index in [4.69, 9.17) is 5.84 Å². The Kier molecular flexibility index (Phi) is 4.50. The summed E-state index contributed by atoms with van der Waals surface area (Å²) in [6.07, 6.45) is 8.11. The van der Waals surface area contributed by atoms with Gasteiger partial charge in [-0.2, -0.15) is 0 Å². The molecule has 3 heteroatoms. The fourth-order valence-electron chi connectivity index (χ4n) is 2.62. The van der Waals surface area contributed by atoms with Crippen molar-refractivity contribution in [1.29, 1.82) is 0 Å². The molecule has 1 aliphatic rings. The number of halogens is 1. The van der Waals surface area contributed by atoms with Gasteiger partial charge in [0.15, 0.2) is 0 Å². The molecule has 98 valence electrons. The van der Waals surface area contributed by atoms with Gasteiger partial charge in [-0.3, -0.25) is 5.84 Å². The van der Waals surface area contributed by atoms with E-state index in [9.17, 15) is 4.39 Å². The highest BCUT2D eigenvalue weighted by molar-refractivity contribution is 5.35. The molecule has 2 nitrogen and oxygen atoms in total. The van der Waals surface area contributed by atoms with E-state index in [1.807, 2.05) is 13.0 Å². The number of nitrogens with two attached hydrogens (primary N) is 1. The first kappa shape index (κ1) is 13.2. The van der Waals surface area contributed by atoms with Gasteiger partial charge in [-0.05, 0) is 55.9 Å². The lowest BCUT2D eigenvalue weighted by Gasteiger charge is -2.21. The third kappa shape index (κ3) is 2.98. The largest absolute Gasteiger partial charge is 0.271 e. The molecule has 0 aromatic heterocycles. The van der Waals surface area contributed by atoms with Gasteiger partial charge in [-0.15, -0.1) is 0 Å². The molecule has 2 rings (SSSR count). The van der Waals surface area contributed by atoms with Crippen LogP contribution in [-0.2, 0) is 0 Å². The van der Waals surface area contributed by atoms with Crippen LogP contribution in [-0.4, -0.2) is 0 Å². The van der Waals surface area contributed by atoms with Gasteiger partial charge >= 0.3 is 0 Å². The standard InChI is InChI=1S/C15H21FN2/c1-11-8-9-13(16)10-14(11)15(18-17)12-6-4-2-3-5-7-12/h6,8-10,15,18H,2-5,7,17H2,1H3. The van der Waals surface area contributed by atoms with E-state index in [0.29, 0.717) is 0 Å². The second-order valence-corrected chi connectivity index (χ2v) is 4.98. The predicted octanol–water partition coefficient (Wildman–Crippen LogP) is 3.53. The monoisotopic (exact) mass is 248 g/mol. The van der Waals surface area contributed by atoms with Gasteiger partial charge in [-0.25, -0.2) is 9.82 Å². The molecule has 0 heterocycles. The lowest BCUT2D eigenvalue weighted by atomic mass is 9.92. The molecular weight excluding hydrogens is 227 g/mol. The molecule has 0 saturated heterocycles. The van der Waals surface area contributed by atoms with Crippen LogP contribution in [0.3, 0.4) is 0 Å². The van der Waals surface area contributed by atoms with Crippen LogP contribution >= 0.6 is 0 Å². The Morgan fingerprint density at radius 2 is 2.11 bits per heavy atom. The molecule has 0 amide bonds. The van der Waals surface area contributed by atoms with E-state index < -0.39 is 0 Å². The molecule has 1 aromatic carbocycles. The van der Waals surface area contributed by atoms with Crippen LogP contribution in [0.2, 0.25) is 0 Å². The Bertz CT molecular complexity index is 440. The summed E-state index contributed by atoms with van der Waals surface area (Å²) in [6.45, 7) is 2.00. The normalized spacial score (nSPS) is 18.1. The van der Waals surface area contributed by atoms with E-state index in [-0.39, 0.29) is 11.9 Å². The number of hydrogen-bond acceptors (Lipinski definition) is 2. The van der Waals surface area contributed by atoms with E-state index in [2.05, 4.69) is 11.5 Å². The van der Waals surface area contributed by atoms with Crippen LogP contribution in [0.1, 0.15) is 49.3 Å². The van der Waals surface area contributed by atoms with Crippen LogP contribution in [0.5, 0.6) is 0 Å². The molecule has 1 aromatic rings. The van der Waals surface area contributed by atoms with Crippen molar-refractivity contribution < 1.29 is 4.39 Å². The van der Waals surface area contributed by atoms with Gasteiger partial charge in [0.25, 0.3) is 0 Å². The highest BCUT2D eigenvalue weighted by Gasteiger charge is 2.18. The lowest BCUT2D eigenvalue weighted by molar-refractivity contribution is 0.578. The van der Waals surface area contributed by atoms with Crippen LogP contribution in [0.15, 0.2) is 29.8 Å². The molecule has 1 unspecified atom stereocenters. The molecule has 3 N–H and O–H groups in total. The minimum absolute atomic E-state index is 0.0567. The molecule has 1 aliphatic carbocycles. The zero-order valence-electron chi connectivity index (χ0n) is 10.9. The fourth-order valence-corrected chi connectivity index (χ4v) is 2.62. The zero-order valence-corrected chi connectivity index (χ0v) is 10.9. The van der Waals surface area contributed by atoms with Crippen molar-refractivity contribution in [3.8, 4) is 0 Å². The van der Waals surface area contributed by atoms with Crippen molar-refractivity contribution in [3.63, 3.8) is 0 Å². The molecule has 18 heavy (non-hydrogen) atoms. The molecule has 0 fully saturated rings. The number of rotatable bonds is 3. The van der Waals surface area contributed by atoms with Gasteiger partial charge in [0, 0.05) is 0 Å². The Morgan fingerprint density at radius 3 is 2.89 bits per heavy atom.